The number of aryl methyl sites for hydroxylation is 1. The van der Waals surface area contributed by atoms with E-state index in [0.717, 1.165) is 43.4 Å². The van der Waals surface area contributed by atoms with Crippen LogP contribution < -0.4 is 4.74 Å². The zero-order chi connectivity index (χ0) is 25.9. The molecule has 3 nitrogen and oxygen atoms in total. The lowest BCUT2D eigenvalue weighted by molar-refractivity contribution is -0.137. The third-order valence-corrected chi connectivity index (χ3v) is 8.85. The van der Waals surface area contributed by atoms with E-state index in [2.05, 4.69) is 36.1 Å². The summed E-state index contributed by atoms with van der Waals surface area (Å²) in [5.74, 6) is 0.186. The maximum atomic E-state index is 13.4. The molecule has 36 heavy (non-hydrogen) atoms. The predicted octanol–water partition coefficient (Wildman–Crippen LogP) is 7.90. The number of carbonyl (C=O) groups excluding carboxylic acids is 1. The zero-order valence-electron chi connectivity index (χ0n) is 21.4. The maximum Gasteiger partial charge on any atom is 0.416 e. The fraction of sp³-hybridized carbons (Fsp3) is 0.552. The van der Waals surface area contributed by atoms with Crippen molar-refractivity contribution >= 4 is 17.5 Å². The number of hydrogen-bond acceptors (Lipinski definition) is 4. The molecule has 1 saturated heterocycles. The van der Waals surface area contributed by atoms with Crippen LogP contribution in [0.4, 0.5) is 13.2 Å². The zero-order valence-corrected chi connectivity index (χ0v) is 22.2. The van der Waals surface area contributed by atoms with Crippen molar-refractivity contribution in [2.45, 2.75) is 80.8 Å². The van der Waals surface area contributed by atoms with Crippen LogP contribution in [0, 0.1) is 6.92 Å². The molecule has 1 aliphatic heterocycles. The Morgan fingerprint density at radius 1 is 1.11 bits per heavy atom. The smallest absolute Gasteiger partial charge is 0.416 e. The SMILES string of the molecule is COc1cc(C(F)(F)F)cc(SC)c1C(=O)CCCC(c1ccc(C)cc1)C1(N2CCCC2)CCC1. The quantitative estimate of drug-likeness (QED) is 0.236. The highest BCUT2D eigenvalue weighted by atomic mass is 32.2. The number of halogens is 3. The second-order valence-corrected chi connectivity index (χ2v) is 11.0. The van der Waals surface area contributed by atoms with Crippen molar-refractivity contribution in [1.29, 1.82) is 0 Å². The van der Waals surface area contributed by atoms with Crippen LogP contribution in [0.2, 0.25) is 0 Å². The van der Waals surface area contributed by atoms with Gasteiger partial charge >= 0.3 is 6.18 Å². The van der Waals surface area contributed by atoms with Crippen molar-refractivity contribution in [3.63, 3.8) is 0 Å². The summed E-state index contributed by atoms with van der Waals surface area (Å²) in [4.78, 5) is 16.3. The third-order valence-electron chi connectivity index (χ3n) is 8.09. The molecule has 0 spiro atoms. The van der Waals surface area contributed by atoms with Gasteiger partial charge in [-0.1, -0.05) is 29.8 Å². The van der Waals surface area contributed by atoms with Gasteiger partial charge in [0.25, 0.3) is 0 Å². The van der Waals surface area contributed by atoms with Crippen molar-refractivity contribution < 1.29 is 22.7 Å². The molecule has 1 unspecified atom stereocenters. The van der Waals surface area contributed by atoms with E-state index in [1.54, 1.807) is 6.26 Å². The van der Waals surface area contributed by atoms with Crippen molar-refractivity contribution in [2.24, 2.45) is 0 Å². The molecule has 1 atom stereocenters. The van der Waals surface area contributed by atoms with Crippen LogP contribution in [0.1, 0.15) is 84.3 Å². The minimum absolute atomic E-state index is 0.00166. The molecule has 2 aromatic rings. The summed E-state index contributed by atoms with van der Waals surface area (Å²) >= 11 is 1.15. The minimum Gasteiger partial charge on any atom is -0.496 e. The van der Waals surface area contributed by atoms with Crippen LogP contribution in [0.25, 0.3) is 0 Å². The fourth-order valence-electron chi connectivity index (χ4n) is 6.07. The number of carbonyl (C=O) groups is 1. The Bertz CT molecular complexity index is 1030. The molecule has 7 heteroatoms. The highest BCUT2D eigenvalue weighted by Gasteiger charge is 2.49. The summed E-state index contributed by atoms with van der Waals surface area (Å²) in [5, 5.41) is 0. The number of benzene rings is 2. The molecule has 1 saturated carbocycles. The van der Waals surface area contributed by atoms with Gasteiger partial charge in [-0.3, -0.25) is 9.69 Å². The third kappa shape index (κ3) is 5.47. The van der Waals surface area contributed by atoms with Crippen LogP contribution in [0.15, 0.2) is 41.3 Å². The number of rotatable bonds is 10. The number of likely N-dealkylation sites (tertiary alicyclic amines) is 1. The van der Waals surface area contributed by atoms with Crippen LogP contribution >= 0.6 is 11.8 Å². The van der Waals surface area contributed by atoms with Crippen LogP contribution in [0.5, 0.6) is 5.75 Å². The molecule has 0 bridgehead atoms. The molecule has 2 aliphatic rings. The highest BCUT2D eigenvalue weighted by Crippen LogP contribution is 2.51. The largest absolute Gasteiger partial charge is 0.496 e. The van der Waals surface area contributed by atoms with E-state index in [0.29, 0.717) is 17.2 Å². The lowest BCUT2D eigenvalue weighted by atomic mass is 9.63. The van der Waals surface area contributed by atoms with E-state index in [4.69, 9.17) is 4.74 Å². The van der Waals surface area contributed by atoms with Crippen LogP contribution in [0.3, 0.4) is 0 Å². The van der Waals surface area contributed by atoms with E-state index < -0.39 is 11.7 Å². The van der Waals surface area contributed by atoms with Gasteiger partial charge in [-0.15, -0.1) is 11.8 Å². The number of alkyl halides is 3. The molecule has 0 aromatic heterocycles. The van der Waals surface area contributed by atoms with Crippen molar-refractivity contribution in [1.82, 2.24) is 4.90 Å². The van der Waals surface area contributed by atoms with E-state index in [1.165, 1.54) is 50.3 Å². The lowest BCUT2D eigenvalue weighted by Crippen LogP contribution is -2.56. The Hall–Kier alpha value is -1.99. The second kappa shape index (κ2) is 11.2. The van der Waals surface area contributed by atoms with Gasteiger partial charge in [-0.05, 0) is 88.9 Å². The number of hydrogen-bond donors (Lipinski definition) is 0. The van der Waals surface area contributed by atoms with Gasteiger partial charge in [0.15, 0.2) is 5.78 Å². The fourth-order valence-corrected chi connectivity index (χ4v) is 6.74. The summed E-state index contributed by atoms with van der Waals surface area (Å²) < 4.78 is 45.3. The molecule has 1 aliphatic carbocycles. The van der Waals surface area contributed by atoms with Gasteiger partial charge in [0.1, 0.15) is 5.75 Å². The summed E-state index contributed by atoms with van der Waals surface area (Å²) in [6, 6.07) is 10.8. The van der Waals surface area contributed by atoms with E-state index in [9.17, 15) is 18.0 Å². The molecule has 0 amide bonds. The molecule has 4 rings (SSSR count). The molecule has 196 valence electrons. The summed E-state index contributed by atoms with van der Waals surface area (Å²) in [5.41, 5.74) is 2.19. The topological polar surface area (TPSA) is 29.5 Å². The van der Waals surface area contributed by atoms with Crippen LogP contribution in [-0.2, 0) is 6.18 Å². The van der Waals surface area contributed by atoms with Crippen LogP contribution in [-0.4, -0.2) is 42.7 Å². The van der Waals surface area contributed by atoms with E-state index >= 15 is 0 Å². The molecule has 2 fully saturated rings. The van der Waals surface area contributed by atoms with E-state index in [1.807, 2.05) is 0 Å². The number of thioether (sulfide) groups is 1. The number of ether oxygens (including phenoxy) is 1. The first-order valence-corrected chi connectivity index (χ1v) is 14.1. The van der Waals surface area contributed by atoms with Crippen molar-refractivity contribution in [3.8, 4) is 5.75 Å². The number of methoxy groups -OCH3 is 1. The van der Waals surface area contributed by atoms with Gasteiger partial charge in [-0.2, -0.15) is 13.2 Å². The molecule has 0 radical (unpaired) electrons. The molecule has 1 heterocycles. The van der Waals surface area contributed by atoms with Gasteiger partial charge in [0, 0.05) is 22.8 Å². The number of Topliss-reactive ketones (excluding diaryl/α,β-unsaturated/α-hetero) is 1. The Balaban J connectivity index is 1.55. The van der Waals surface area contributed by atoms with Crippen molar-refractivity contribution in [3.05, 3.63) is 58.7 Å². The second-order valence-electron chi connectivity index (χ2n) is 10.2. The first-order valence-electron chi connectivity index (χ1n) is 12.9. The average Bonchev–Trinajstić information content (AvgIpc) is 3.36. The first-order chi connectivity index (χ1) is 17.2. The van der Waals surface area contributed by atoms with Gasteiger partial charge < -0.3 is 4.74 Å². The average molecular weight is 520 g/mol. The normalized spacial score (nSPS) is 18.6. The van der Waals surface area contributed by atoms with Gasteiger partial charge in [0.2, 0.25) is 0 Å². The minimum atomic E-state index is -4.49. The van der Waals surface area contributed by atoms with Crippen molar-refractivity contribution in [2.75, 3.05) is 26.5 Å². The molecule has 2 aromatic carbocycles. The Labute approximate surface area is 216 Å². The Kier molecular flexibility index (Phi) is 8.40. The Morgan fingerprint density at radius 3 is 2.31 bits per heavy atom. The molecular formula is C29H36F3NO2S. The summed E-state index contributed by atoms with van der Waals surface area (Å²) in [7, 11) is 1.32. The Morgan fingerprint density at radius 2 is 1.78 bits per heavy atom. The number of ketones is 1. The van der Waals surface area contributed by atoms with E-state index in [-0.39, 0.29) is 29.1 Å². The first kappa shape index (κ1) is 27.1. The predicted molar refractivity (Wildman–Crippen MR) is 139 cm³/mol. The summed E-state index contributed by atoms with van der Waals surface area (Å²) in [6.45, 7) is 4.38. The van der Waals surface area contributed by atoms with Gasteiger partial charge in [0.05, 0.1) is 18.2 Å². The lowest BCUT2D eigenvalue weighted by Gasteiger charge is -2.54. The molecular weight excluding hydrogens is 483 g/mol. The standard InChI is InChI=1S/C29H36F3NO2S/c1-20-10-12-21(13-11-20)23(28(14-7-15-28)33-16-4-5-17-33)8-6-9-24(34)27-25(35-2)18-22(29(30,31)32)19-26(27)36-3/h10-13,18-19,23H,4-9,14-17H2,1-3H3. The molecule has 0 N–H and O–H groups in total. The van der Waals surface area contributed by atoms with Gasteiger partial charge in [-0.25, -0.2) is 0 Å². The highest BCUT2D eigenvalue weighted by molar-refractivity contribution is 7.98. The monoisotopic (exact) mass is 519 g/mol. The number of nitrogens with zero attached hydrogens (tertiary/aromatic N) is 1. The maximum absolute atomic E-state index is 13.4. The summed E-state index contributed by atoms with van der Waals surface area (Å²) in [6.07, 6.45) is 5.13.